The Morgan fingerprint density at radius 1 is 1.14 bits per heavy atom. The number of nitrogens with one attached hydrogen (secondary N) is 1. The van der Waals surface area contributed by atoms with Gasteiger partial charge >= 0.3 is 0 Å². The van der Waals surface area contributed by atoms with E-state index in [2.05, 4.69) is 24.1 Å². The molecule has 2 aliphatic heterocycles. The maximum atomic E-state index is 12.8. The quantitative estimate of drug-likeness (QED) is 0.852. The van der Waals surface area contributed by atoms with Crippen molar-refractivity contribution in [1.82, 2.24) is 9.80 Å². The minimum atomic E-state index is -0.0505. The highest BCUT2D eigenvalue weighted by Crippen LogP contribution is 2.30. The molecule has 2 aromatic carbocycles. The minimum absolute atomic E-state index is 0.0246. The van der Waals surface area contributed by atoms with Crippen LogP contribution in [-0.4, -0.2) is 60.4 Å². The van der Waals surface area contributed by atoms with E-state index in [-0.39, 0.29) is 17.9 Å². The van der Waals surface area contributed by atoms with Crippen LogP contribution in [0.3, 0.4) is 0 Å². The highest BCUT2D eigenvalue weighted by molar-refractivity contribution is 5.95. The summed E-state index contributed by atoms with van der Waals surface area (Å²) in [5.41, 5.74) is 2.57. The summed E-state index contributed by atoms with van der Waals surface area (Å²) in [6.45, 7) is 6.76. The highest BCUT2D eigenvalue weighted by atomic mass is 16.5. The summed E-state index contributed by atoms with van der Waals surface area (Å²) in [5, 5.41) is 3.00. The number of hydrogen-bond donors (Lipinski definition) is 1. The molecule has 6 nitrogen and oxygen atoms in total. The van der Waals surface area contributed by atoms with Crippen molar-refractivity contribution in [2.24, 2.45) is 0 Å². The van der Waals surface area contributed by atoms with Gasteiger partial charge < -0.3 is 15.0 Å². The number of carbonyl (C=O) groups is 2. The molecule has 0 radical (unpaired) electrons. The number of anilines is 1. The highest BCUT2D eigenvalue weighted by Gasteiger charge is 2.32. The van der Waals surface area contributed by atoms with Gasteiger partial charge in [0.05, 0.1) is 18.3 Å². The van der Waals surface area contributed by atoms with E-state index >= 15 is 0 Å². The van der Waals surface area contributed by atoms with Crippen LogP contribution in [0.2, 0.25) is 0 Å². The fourth-order valence-corrected chi connectivity index (χ4v) is 3.90. The standard InChI is InChI=1S/C23H27N3O3/c1-16(2)18-8-9-21-20(12-18)24-22(27)14-25-10-11-26(13-19(25)15-29-21)23(28)17-6-4-3-5-7-17/h3-9,12,16,19H,10-11,13-15H2,1-2H3,(H,24,27)/t19-/m0/s1. The molecule has 2 amide bonds. The zero-order valence-electron chi connectivity index (χ0n) is 16.9. The van der Waals surface area contributed by atoms with Gasteiger partial charge in [-0.2, -0.15) is 0 Å². The van der Waals surface area contributed by atoms with Crippen molar-refractivity contribution in [2.45, 2.75) is 25.8 Å². The van der Waals surface area contributed by atoms with Crippen molar-refractivity contribution < 1.29 is 14.3 Å². The van der Waals surface area contributed by atoms with Gasteiger partial charge in [0.15, 0.2) is 0 Å². The molecule has 0 aromatic heterocycles. The van der Waals surface area contributed by atoms with Gasteiger partial charge in [0.2, 0.25) is 5.91 Å². The van der Waals surface area contributed by atoms with Crippen molar-refractivity contribution in [3.05, 3.63) is 59.7 Å². The number of fused-ring (bicyclic) bond motifs is 2. The summed E-state index contributed by atoms with van der Waals surface area (Å²) in [6, 6.07) is 15.3. The molecule has 152 valence electrons. The third-order valence-electron chi connectivity index (χ3n) is 5.63. The van der Waals surface area contributed by atoms with E-state index in [1.165, 1.54) is 0 Å². The molecule has 1 N–H and O–H groups in total. The Labute approximate surface area is 171 Å². The van der Waals surface area contributed by atoms with E-state index in [0.717, 1.165) is 11.3 Å². The van der Waals surface area contributed by atoms with E-state index in [0.29, 0.717) is 50.0 Å². The lowest BCUT2D eigenvalue weighted by atomic mass is 10.0. The molecule has 4 rings (SSSR count). The number of carbonyl (C=O) groups excluding carboxylic acids is 2. The van der Waals surface area contributed by atoms with Crippen LogP contribution in [0.15, 0.2) is 48.5 Å². The summed E-state index contributed by atoms with van der Waals surface area (Å²) >= 11 is 0. The van der Waals surface area contributed by atoms with Gasteiger partial charge in [-0.05, 0) is 35.7 Å². The molecule has 0 unspecified atom stereocenters. The second-order valence-corrected chi connectivity index (χ2v) is 8.01. The third-order valence-corrected chi connectivity index (χ3v) is 5.63. The smallest absolute Gasteiger partial charge is 0.253 e. The van der Waals surface area contributed by atoms with Crippen molar-refractivity contribution in [3.63, 3.8) is 0 Å². The first-order valence-electron chi connectivity index (χ1n) is 10.2. The third kappa shape index (κ3) is 4.27. The fourth-order valence-electron chi connectivity index (χ4n) is 3.90. The Bertz CT molecular complexity index is 897. The van der Waals surface area contributed by atoms with Crippen molar-refractivity contribution in [3.8, 4) is 5.75 Å². The second-order valence-electron chi connectivity index (χ2n) is 8.01. The monoisotopic (exact) mass is 393 g/mol. The molecule has 2 heterocycles. The summed E-state index contributed by atoms with van der Waals surface area (Å²) < 4.78 is 6.10. The molecular weight excluding hydrogens is 366 g/mol. The van der Waals surface area contributed by atoms with Gasteiger partial charge in [-0.1, -0.05) is 38.1 Å². The predicted octanol–water partition coefficient (Wildman–Crippen LogP) is 2.97. The van der Waals surface area contributed by atoms with E-state index in [9.17, 15) is 9.59 Å². The van der Waals surface area contributed by atoms with Crippen LogP contribution in [0.5, 0.6) is 5.75 Å². The maximum absolute atomic E-state index is 12.8. The molecule has 1 fully saturated rings. The Hall–Kier alpha value is -2.86. The number of benzene rings is 2. The van der Waals surface area contributed by atoms with Crippen LogP contribution in [0.1, 0.15) is 35.7 Å². The molecule has 2 aromatic rings. The maximum Gasteiger partial charge on any atom is 0.253 e. The van der Waals surface area contributed by atoms with E-state index in [1.807, 2.05) is 53.4 Å². The second kappa shape index (κ2) is 8.25. The van der Waals surface area contributed by atoms with Crippen LogP contribution in [-0.2, 0) is 4.79 Å². The van der Waals surface area contributed by atoms with E-state index in [4.69, 9.17) is 4.74 Å². The topological polar surface area (TPSA) is 61.9 Å². The molecule has 0 saturated carbocycles. The largest absolute Gasteiger partial charge is 0.490 e. The molecule has 0 aliphatic carbocycles. The molecule has 0 spiro atoms. The summed E-state index contributed by atoms with van der Waals surface area (Å²) in [4.78, 5) is 29.5. The Balaban J connectivity index is 1.53. The lowest BCUT2D eigenvalue weighted by molar-refractivity contribution is -0.118. The molecular formula is C23H27N3O3. The number of hydrogen-bond acceptors (Lipinski definition) is 4. The summed E-state index contributed by atoms with van der Waals surface area (Å²) in [5.74, 6) is 1.02. The number of amides is 2. The lowest BCUT2D eigenvalue weighted by Gasteiger charge is -2.40. The lowest BCUT2D eigenvalue weighted by Crippen LogP contribution is -2.57. The molecule has 0 bridgehead atoms. The van der Waals surface area contributed by atoms with Gasteiger partial charge in [0, 0.05) is 25.2 Å². The van der Waals surface area contributed by atoms with Crippen LogP contribution in [0.4, 0.5) is 5.69 Å². The molecule has 2 aliphatic rings. The number of ether oxygens (including phenoxy) is 1. The normalized spacial score (nSPS) is 19.9. The zero-order valence-corrected chi connectivity index (χ0v) is 16.9. The molecule has 6 heteroatoms. The first kappa shape index (κ1) is 19.5. The summed E-state index contributed by atoms with van der Waals surface area (Å²) in [7, 11) is 0. The first-order valence-corrected chi connectivity index (χ1v) is 10.2. The van der Waals surface area contributed by atoms with Crippen LogP contribution < -0.4 is 10.1 Å². The zero-order chi connectivity index (χ0) is 20.4. The minimum Gasteiger partial charge on any atom is -0.490 e. The average molecular weight is 393 g/mol. The van der Waals surface area contributed by atoms with Crippen LogP contribution >= 0.6 is 0 Å². The van der Waals surface area contributed by atoms with E-state index in [1.54, 1.807) is 0 Å². The van der Waals surface area contributed by atoms with Crippen LogP contribution in [0.25, 0.3) is 0 Å². The SMILES string of the molecule is CC(C)c1ccc2c(c1)NC(=O)CN1CCN(C(=O)c3ccccc3)C[C@H]1CO2. The van der Waals surface area contributed by atoms with Crippen molar-refractivity contribution in [2.75, 3.05) is 38.1 Å². The van der Waals surface area contributed by atoms with Gasteiger partial charge in [0.25, 0.3) is 5.91 Å². The predicted molar refractivity (Wildman–Crippen MR) is 112 cm³/mol. The number of rotatable bonds is 2. The van der Waals surface area contributed by atoms with Gasteiger partial charge in [-0.3, -0.25) is 14.5 Å². The Morgan fingerprint density at radius 3 is 2.69 bits per heavy atom. The van der Waals surface area contributed by atoms with Gasteiger partial charge in [-0.15, -0.1) is 0 Å². The molecule has 1 saturated heterocycles. The first-order chi connectivity index (χ1) is 14.0. The van der Waals surface area contributed by atoms with E-state index < -0.39 is 0 Å². The molecule has 29 heavy (non-hydrogen) atoms. The number of piperazine rings is 1. The molecule has 1 atom stereocenters. The van der Waals surface area contributed by atoms with Gasteiger partial charge in [0.1, 0.15) is 12.4 Å². The van der Waals surface area contributed by atoms with Crippen molar-refractivity contribution in [1.29, 1.82) is 0 Å². The van der Waals surface area contributed by atoms with Crippen molar-refractivity contribution >= 4 is 17.5 Å². The van der Waals surface area contributed by atoms with Crippen LogP contribution in [0, 0.1) is 0 Å². The van der Waals surface area contributed by atoms with Gasteiger partial charge in [-0.25, -0.2) is 0 Å². The number of nitrogens with zero attached hydrogens (tertiary/aromatic N) is 2. The Morgan fingerprint density at radius 2 is 1.93 bits per heavy atom. The Kier molecular flexibility index (Phi) is 5.53. The summed E-state index contributed by atoms with van der Waals surface area (Å²) in [6.07, 6.45) is 0. The fraction of sp³-hybridized carbons (Fsp3) is 0.391. The average Bonchev–Trinajstić information content (AvgIpc) is 2.79.